The Hall–Kier alpha value is -1.76. The van der Waals surface area contributed by atoms with Crippen LogP contribution >= 0.6 is 0 Å². The Morgan fingerprint density at radius 1 is 1.47 bits per heavy atom. The molecule has 1 rings (SSSR count). The molecular formula is C11H16N4. The summed E-state index contributed by atoms with van der Waals surface area (Å²) in [5.74, 6) is 0.824. The molecule has 1 heterocycles. The van der Waals surface area contributed by atoms with E-state index in [4.69, 9.17) is 11.0 Å². The van der Waals surface area contributed by atoms with Crippen LogP contribution in [0.1, 0.15) is 26.0 Å². The van der Waals surface area contributed by atoms with Crippen LogP contribution in [0.2, 0.25) is 0 Å². The highest BCUT2D eigenvalue weighted by Gasteiger charge is 2.07. The van der Waals surface area contributed by atoms with Crippen molar-refractivity contribution in [3.05, 3.63) is 17.8 Å². The van der Waals surface area contributed by atoms with E-state index in [1.165, 1.54) is 0 Å². The maximum Gasteiger partial charge on any atom is 0.165 e. The van der Waals surface area contributed by atoms with Gasteiger partial charge in [-0.1, -0.05) is 6.92 Å². The highest BCUT2D eigenvalue weighted by atomic mass is 15.2. The Morgan fingerprint density at radius 2 is 2.20 bits per heavy atom. The molecule has 0 amide bonds. The van der Waals surface area contributed by atoms with E-state index in [-0.39, 0.29) is 0 Å². The molecule has 0 bridgehead atoms. The number of anilines is 2. The van der Waals surface area contributed by atoms with Crippen LogP contribution < -0.4 is 10.6 Å². The van der Waals surface area contributed by atoms with Crippen molar-refractivity contribution in [2.75, 3.05) is 23.7 Å². The summed E-state index contributed by atoms with van der Waals surface area (Å²) in [6.07, 6.45) is 1.06. The summed E-state index contributed by atoms with van der Waals surface area (Å²) < 4.78 is 0. The molecule has 0 fully saturated rings. The minimum Gasteiger partial charge on any atom is -0.396 e. The first-order chi connectivity index (χ1) is 7.22. The molecule has 1 aromatic heterocycles. The van der Waals surface area contributed by atoms with E-state index in [9.17, 15) is 0 Å². The number of pyridine rings is 1. The lowest BCUT2D eigenvalue weighted by molar-refractivity contribution is 0.778. The highest BCUT2D eigenvalue weighted by molar-refractivity contribution is 5.55. The van der Waals surface area contributed by atoms with Crippen LogP contribution in [0.15, 0.2) is 12.1 Å². The van der Waals surface area contributed by atoms with Gasteiger partial charge in [-0.25, -0.2) is 4.98 Å². The Morgan fingerprint density at radius 3 is 2.73 bits per heavy atom. The molecule has 0 saturated heterocycles. The zero-order chi connectivity index (χ0) is 11.3. The Bertz CT molecular complexity index is 367. The highest BCUT2D eigenvalue weighted by Crippen LogP contribution is 2.16. The summed E-state index contributed by atoms with van der Waals surface area (Å²) in [5.41, 5.74) is 6.36. The van der Waals surface area contributed by atoms with E-state index in [1.807, 2.05) is 12.1 Å². The van der Waals surface area contributed by atoms with E-state index < -0.39 is 0 Å². The van der Waals surface area contributed by atoms with Crippen molar-refractivity contribution in [1.29, 1.82) is 5.26 Å². The van der Waals surface area contributed by atoms with Crippen LogP contribution in [-0.2, 0) is 0 Å². The van der Waals surface area contributed by atoms with Crippen LogP contribution in [0.4, 0.5) is 11.5 Å². The minimum absolute atomic E-state index is 0.307. The average molecular weight is 204 g/mol. The maximum absolute atomic E-state index is 8.82. The topological polar surface area (TPSA) is 65.9 Å². The third-order valence-corrected chi connectivity index (χ3v) is 2.22. The molecule has 0 aliphatic heterocycles. The summed E-state index contributed by atoms with van der Waals surface area (Å²) in [5, 5.41) is 8.82. The number of nitrogens with two attached hydrogens (primary N) is 1. The van der Waals surface area contributed by atoms with Crippen LogP contribution in [0.3, 0.4) is 0 Å². The number of nitriles is 1. The van der Waals surface area contributed by atoms with Gasteiger partial charge in [0.2, 0.25) is 0 Å². The first-order valence-corrected chi connectivity index (χ1v) is 5.14. The number of hydrogen-bond donors (Lipinski definition) is 1. The summed E-state index contributed by atoms with van der Waals surface area (Å²) >= 11 is 0. The average Bonchev–Trinajstić information content (AvgIpc) is 2.27. The normalized spacial score (nSPS) is 9.67. The van der Waals surface area contributed by atoms with Gasteiger partial charge < -0.3 is 10.6 Å². The van der Waals surface area contributed by atoms with Crippen molar-refractivity contribution >= 4 is 11.5 Å². The molecule has 0 aliphatic carbocycles. The molecule has 0 aromatic carbocycles. The van der Waals surface area contributed by atoms with E-state index >= 15 is 0 Å². The fourth-order valence-corrected chi connectivity index (χ4v) is 1.43. The Labute approximate surface area is 90.3 Å². The zero-order valence-corrected chi connectivity index (χ0v) is 9.20. The molecule has 15 heavy (non-hydrogen) atoms. The van der Waals surface area contributed by atoms with Gasteiger partial charge in [0.05, 0.1) is 5.69 Å². The van der Waals surface area contributed by atoms with E-state index in [1.54, 1.807) is 6.07 Å². The largest absolute Gasteiger partial charge is 0.396 e. The van der Waals surface area contributed by atoms with E-state index in [0.29, 0.717) is 11.4 Å². The maximum atomic E-state index is 8.82. The zero-order valence-electron chi connectivity index (χ0n) is 9.20. The predicted octanol–water partition coefficient (Wildman–Crippen LogP) is 1.77. The van der Waals surface area contributed by atoms with Gasteiger partial charge in [-0.2, -0.15) is 5.26 Å². The smallest absolute Gasteiger partial charge is 0.165 e. The number of nitrogen functional groups attached to an aromatic ring is 1. The second-order valence-electron chi connectivity index (χ2n) is 3.30. The van der Waals surface area contributed by atoms with Crippen molar-refractivity contribution in [2.24, 2.45) is 0 Å². The molecule has 2 N–H and O–H groups in total. The van der Waals surface area contributed by atoms with Gasteiger partial charge in [0.1, 0.15) is 11.9 Å². The monoisotopic (exact) mass is 204 g/mol. The van der Waals surface area contributed by atoms with Crippen molar-refractivity contribution in [3.63, 3.8) is 0 Å². The molecule has 4 heteroatoms. The molecule has 0 atom stereocenters. The molecule has 0 unspecified atom stereocenters. The van der Waals surface area contributed by atoms with Gasteiger partial charge in [0.25, 0.3) is 0 Å². The first-order valence-electron chi connectivity index (χ1n) is 5.14. The number of aromatic nitrogens is 1. The fourth-order valence-electron chi connectivity index (χ4n) is 1.43. The van der Waals surface area contributed by atoms with Gasteiger partial charge in [-0.15, -0.1) is 0 Å². The lowest BCUT2D eigenvalue weighted by atomic mass is 10.3. The third kappa shape index (κ3) is 2.59. The van der Waals surface area contributed by atoms with Crippen molar-refractivity contribution in [2.45, 2.75) is 20.3 Å². The lowest BCUT2D eigenvalue weighted by Crippen LogP contribution is -2.24. The van der Waals surface area contributed by atoms with Crippen molar-refractivity contribution in [3.8, 4) is 6.07 Å². The molecule has 1 aromatic rings. The van der Waals surface area contributed by atoms with Gasteiger partial charge in [-0.3, -0.25) is 0 Å². The van der Waals surface area contributed by atoms with Gasteiger partial charge in [-0.05, 0) is 25.5 Å². The second-order valence-corrected chi connectivity index (χ2v) is 3.30. The van der Waals surface area contributed by atoms with Crippen LogP contribution in [0.5, 0.6) is 0 Å². The summed E-state index contributed by atoms with van der Waals surface area (Å²) in [6, 6.07) is 5.59. The standard InChI is InChI=1S/C11H16N4/c1-3-7-15(4-2)11-6-5-9(13)10(8-12)14-11/h5-6H,3-4,7,13H2,1-2H3. The molecular weight excluding hydrogens is 188 g/mol. The number of rotatable bonds is 4. The van der Waals surface area contributed by atoms with Crippen molar-refractivity contribution in [1.82, 2.24) is 4.98 Å². The number of hydrogen-bond acceptors (Lipinski definition) is 4. The van der Waals surface area contributed by atoms with Crippen molar-refractivity contribution < 1.29 is 0 Å². The van der Waals surface area contributed by atoms with Gasteiger partial charge in [0, 0.05) is 13.1 Å². The van der Waals surface area contributed by atoms with Gasteiger partial charge in [0.15, 0.2) is 5.69 Å². The van der Waals surface area contributed by atoms with E-state index in [0.717, 1.165) is 25.3 Å². The predicted molar refractivity (Wildman–Crippen MR) is 61.5 cm³/mol. The lowest BCUT2D eigenvalue weighted by Gasteiger charge is -2.21. The molecule has 0 radical (unpaired) electrons. The van der Waals surface area contributed by atoms with Crippen LogP contribution in [-0.4, -0.2) is 18.1 Å². The molecule has 80 valence electrons. The summed E-state index contributed by atoms with van der Waals surface area (Å²) in [6.45, 7) is 6.01. The molecule has 4 nitrogen and oxygen atoms in total. The number of nitrogens with zero attached hydrogens (tertiary/aromatic N) is 3. The summed E-state index contributed by atoms with van der Waals surface area (Å²) in [4.78, 5) is 6.35. The SMILES string of the molecule is CCCN(CC)c1ccc(N)c(C#N)n1. The molecule has 0 spiro atoms. The quantitative estimate of drug-likeness (QED) is 0.811. The second kappa shape index (κ2) is 5.20. The van der Waals surface area contributed by atoms with Crippen LogP contribution in [0, 0.1) is 11.3 Å². The van der Waals surface area contributed by atoms with Gasteiger partial charge >= 0.3 is 0 Å². The Kier molecular flexibility index (Phi) is 3.92. The first kappa shape index (κ1) is 11.3. The Balaban J connectivity index is 2.99. The molecule has 0 saturated carbocycles. The van der Waals surface area contributed by atoms with E-state index in [2.05, 4.69) is 23.7 Å². The van der Waals surface area contributed by atoms with Crippen LogP contribution in [0.25, 0.3) is 0 Å². The third-order valence-electron chi connectivity index (χ3n) is 2.22. The molecule has 0 aliphatic rings. The minimum atomic E-state index is 0.307. The summed E-state index contributed by atoms with van der Waals surface area (Å²) in [7, 11) is 0. The fraction of sp³-hybridized carbons (Fsp3) is 0.455.